The minimum Gasteiger partial charge on any atom is -0.494 e. The third-order valence-corrected chi connectivity index (χ3v) is 5.59. The van der Waals surface area contributed by atoms with Gasteiger partial charge in [0.2, 0.25) is 0 Å². The fourth-order valence-electron chi connectivity index (χ4n) is 4.04. The molecule has 6 nitrogen and oxygen atoms in total. The number of amides is 1. The van der Waals surface area contributed by atoms with Crippen LogP contribution in [0, 0.1) is 11.3 Å². The molecule has 0 bridgehead atoms. The summed E-state index contributed by atoms with van der Waals surface area (Å²) < 4.78 is 13.2. The van der Waals surface area contributed by atoms with Gasteiger partial charge >= 0.3 is 6.09 Å². The van der Waals surface area contributed by atoms with Crippen LogP contribution in [0.5, 0.6) is 5.75 Å². The van der Waals surface area contributed by atoms with E-state index in [0.717, 1.165) is 40.8 Å². The van der Waals surface area contributed by atoms with Crippen molar-refractivity contribution in [1.29, 1.82) is 5.26 Å². The predicted molar refractivity (Wildman–Crippen MR) is 121 cm³/mol. The number of nitrogens with zero attached hydrogens (tertiary/aromatic N) is 2. The monoisotopic (exact) mass is 417 g/mol. The number of carbonyl (C=O) groups is 1. The van der Waals surface area contributed by atoms with Crippen molar-refractivity contribution in [2.45, 2.75) is 52.2 Å². The Balaban J connectivity index is 1.77. The third-order valence-electron chi connectivity index (χ3n) is 5.59. The van der Waals surface area contributed by atoms with Crippen molar-refractivity contribution in [3.05, 3.63) is 48.0 Å². The molecule has 1 amide bonds. The number of benzene rings is 2. The van der Waals surface area contributed by atoms with Crippen molar-refractivity contribution >= 4 is 22.7 Å². The van der Waals surface area contributed by atoms with Gasteiger partial charge in [-0.2, -0.15) is 5.26 Å². The summed E-state index contributed by atoms with van der Waals surface area (Å²) in [5.74, 6) is 0.812. The number of nitrogens with one attached hydrogen (secondary N) is 1. The average Bonchev–Trinajstić information content (AvgIpc) is 3.00. The van der Waals surface area contributed by atoms with Crippen molar-refractivity contribution in [2.24, 2.45) is 0 Å². The molecule has 1 aliphatic carbocycles. The van der Waals surface area contributed by atoms with E-state index in [2.05, 4.69) is 16.0 Å². The predicted octanol–water partition coefficient (Wildman–Crippen LogP) is 6.26. The molecule has 1 heterocycles. The van der Waals surface area contributed by atoms with Crippen molar-refractivity contribution in [3.8, 4) is 23.1 Å². The smallest absolute Gasteiger partial charge is 0.411 e. The van der Waals surface area contributed by atoms with E-state index in [1.807, 2.05) is 63.2 Å². The molecule has 1 saturated carbocycles. The first-order valence-electron chi connectivity index (χ1n) is 10.8. The molecule has 0 saturated heterocycles. The van der Waals surface area contributed by atoms with Crippen LogP contribution < -0.4 is 10.1 Å². The van der Waals surface area contributed by atoms with Crippen LogP contribution in [0.3, 0.4) is 0 Å². The maximum absolute atomic E-state index is 11.9. The average molecular weight is 418 g/mol. The Labute approximate surface area is 182 Å². The van der Waals surface area contributed by atoms with Crippen molar-refractivity contribution in [2.75, 3.05) is 11.9 Å². The number of carbonyl (C=O) groups excluding carboxylic acids is 1. The first-order valence-corrected chi connectivity index (χ1v) is 10.8. The van der Waals surface area contributed by atoms with Gasteiger partial charge in [-0.05, 0) is 69.9 Å². The molecule has 0 spiro atoms. The second kappa shape index (κ2) is 8.73. The van der Waals surface area contributed by atoms with Gasteiger partial charge < -0.3 is 14.0 Å². The van der Waals surface area contributed by atoms with Gasteiger partial charge in [0.05, 0.1) is 29.5 Å². The Morgan fingerprint density at radius 2 is 1.97 bits per heavy atom. The van der Waals surface area contributed by atoms with Crippen LogP contribution in [0.4, 0.5) is 10.5 Å². The number of hydrogen-bond acceptors (Lipinski definition) is 4. The van der Waals surface area contributed by atoms with Gasteiger partial charge in [0.25, 0.3) is 0 Å². The highest BCUT2D eigenvalue weighted by Crippen LogP contribution is 2.43. The summed E-state index contributed by atoms with van der Waals surface area (Å²) in [4.78, 5) is 11.9. The van der Waals surface area contributed by atoms with Gasteiger partial charge in [-0.3, -0.25) is 5.32 Å². The standard InChI is InChI=1S/C25H27N3O3/c1-4-30-20-12-13-21-22(15-26)24(28(23(21)14-20)19-6-5-7-19)17-8-10-18(11-9-17)27-25(29)31-16(2)3/h8-14,16,19H,4-7H2,1-3H3,(H,27,29). The molecule has 0 radical (unpaired) electrons. The van der Waals surface area contributed by atoms with Crippen LogP contribution >= 0.6 is 0 Å². The van der Waals surface area contributed by atoms with Gasteiger partial charge in [-0.25, -0.2) is 4.79 Å². The first kappa shape index (κ1) is 20.8. The van der Waals surface area contributed by atoms with E-state index in [1.54, 1.807) is 0 Å². The van der Waals surface area contributed by atoms with E-state index in [0.29, 0.717) is 23.9 Å². The van der Waals surface area contributed by atoms with Crippen molar-refractivity contribution in [1.82, 2.24) is 4.57 Å². The van der Waals surface area contributed by atoms with E-state index in [1.165, 1.54) is 6.42 Å². The van der Waals surface area contributed by atoms with E-state index in [-0.39, 0.29) is 6.10 Å². The van der Waals surface area contributed by atoms with E-state index in [4.69, 9.17) is 9.47 Å². The summed E-state index contributed by atoms with van der Waals surface area (Å²) in [6.45, 7) is 6.18. The Hall–Kier alpha value is -3.46. The molecule has 160 valence electrons. The first-order chi connectivity index (χ1) is 15.0. The molecular formula is C25H27N3O3. The Kier molecular flexibility index (Phi) is 5.85. The Morgan fingerprint density at radius 1 is 1.23 bits per heavy atom. The molecule has 3 aromatic rings. The molecule has 0 atom stereocenters. The van der Waals surface area contributed by atoms with Gasteiger partial charge in [0, 0.05) is 23.2 Å². The van der Waals surface area contributed by atoms with Gasteiger partial charge in [0.15, 0.2) is 0 Å². The molecule has 0 unspecified atom stereocenters. The zero-order valence-electron chi connectivity index (χ0n) is 18.1. The maximum atomic E-state index is 11.9. The van der Waals surface area contributed by atoms with Crippen LogP contribution in [-0.4, -0.2) is 23.4 Å². The molecule has 1 N–H and O–H groups in total. The largest absolute Gasteiger partial charge is 0.494 e. The van der Waals surface area contributed by atoms with Crippen LogP contribution in [0.25, 0.3) is 22.2 Å². The summed E-state index contributed by atoms with van der Waals surface area (Å²) in [7, 11) is 0. The lowest BCUT2D eigenvalue weighted by Gasteiger charge is -2.30. The van der Waals surface area contributed by atoms with Crippen LogP contribution in [0.1, 0.15) is 51.6 Å². The summed E-state index contributed by atoms with van der Waals surface area (Å²) in [6.07, 6.45) is 2.73. The van der Waals surface area contributed by atoms with Gasteiger partial charge in [0.1, 0.15) is 11.8 Å². The summed E-state index contributed by atoms with van der Waals surface area (Å²) in [5.41, 5.74) is 4.22. The van der Waals surface area contributed by atoms with Gasteiger partial charge in [-0.15, -0.1) is 0 Å². The molecule has 1 fully saturated rings. The number of anilines is 1. The second-order valence-electron chi connectivity index (χ2n) is 8.06. The zero-order chi connectivity index (χ0) is 22.0. The second-order valence-corrected chi connectivity index (χ2v) is 8.06. The minimum absolute atomic E-state index is 0.183. The molecule has 1 aromatic heterocycles. The number of aromatic nitrogens is 1. The highest BCUT2D eigenvalue weighted by atomic mass is 16.6. The van der Waals surface area contributed by atoms with E-state index in [9.17, 15) is 10.1 Å². The Morgan fingerprint density at radius 3 is 2.55 bits per heavy atom. The molecule has 6 heteroatoms. The van der Waals surface area contributed by atoms with Crippen LogP contribution in [-0.2, 0) is 4.74 Å². The summed E-state index contributed by atoms with van der Waals surface area (Å²) in [5, 5.41) is 13.7. The maximum Gasteiger partial charge on any atom is 0.411 e. The quantitative estimate of drug-likeness (QED) is 0.513. The third kappa shape index (κ3) is 4.09. The SMILES string of the molecule is CCOc1ccc2c(C#N)c(-c3ccc(NC(=O)OC(C)C)cc3)n(C3CCC3)c2c1. The Bertz CT molecular complexity index is 1140. The fourth-order valence-corrected chi connectivity index (χ4v) is 4.04. The highest BCUT2D eigenvalue weighted by molar-refractivity contribution is 5.96. The number of hydrogen-bond donors (Lipinski definition) is 1. The number of nitriles is 1. The minimum atomic E-state index is -0.479. The molecule has 4 rings (SSSR count). The fraction of sp³-hybridized carbons (Fsp3) is 0.360. The molecule has 0 aliphatic heterocycles. The van der Waals surface area contributed by atoms with E-state index < -0.39 is 6.09 Å². The normalized spacial score (nSPS) is 13.6. The lowest BCUT2D eigenvalue weighted by Crippen LogP contribution is -2.18. The number of fused-ring (bicyclic) bond motifs is 1. The lowest BCUT2D eigenvalue weighted by molar-refractivity contribution is 0.130. The summed E-state index contributed by atoms with van der Waals surface area (Å²) >= 11 is 0. The van der Waals surface area contributed by atoms with Crippen LogP contribution in [0.15, 0.2) is 42.5 Å². The zero-order valence-corrected chi connectivity index (χ0v) is 18.1. The topological polar surface area (TPSA) is 76.3 Å². The van der Waals surface area contributed by atoms with E-state index >= 15 is 0 Å². The lowest BCUT2D eigenvalue weighted by atomic mass is 9.92. The number of ether oxygens (including phenoxy) is 2. The number of rotatable bonds is 6. The molecule has 2 aromatic carbocycles. The molecule has 1 aliphatic rings. The highest BCUT2D eigenvalue weighted by Gasteiger charge is 2.28. The van der Waals surface area contributed by atoms with Crippen LogP contribution in [0.2, 0.25) is 0 Å². The molecular weight excluding hydrogens is 390 g/mol. The summed E-state index contributed by atoms with van der Waals surface area (Å²) in [6, 6.07) is 16.3. The van der Waals surface area contributed by atoms with Crippen molar-refractivity contribution < 1.29 is 14.3 Å². The van der Waals surface area contributed by atoms with Crippen molar-refractivity contribution in [3.63, 3.8) is 0 Å². The molecule has 31 heavy (non-hydrogen) atoms. The van der Waals surface area contributed by atoms with Gasteiger partial charge in [-0.1, -0.05) is 12.1 Å².